The molecule has 1 amide bonds. The summed E-state index contributed by atoms with van der Waals surface area (Å²) in [5.41, 5.74) is 0.563. The van der Waals surface area contributed by atoms with E-state index in [0.29, 0.717) is 15.6 Å². The molecule has 1 aromatic rings. The summed E-state index contributed by atoms with van der Waals surface area (Å²) in [7, 11) is 0. The fourth-order valence-corrected chi connectivity index (χ4v) is 1.82. The van der Waals surface area contributed by atoms with E-state index in [0.717, 1.165) is 0 Å². The Morgan fingerprint density at radius 2 is 1.95 bits per heavy atom. The Morgan fingerprint density at radius 1 is 1.30 bits per heavy atom. The van der Waals surface area contributed by atoms with Crippen LogP contribution in [-0.2, 0) is 14.3 Å². The van der Waals surface area contributed by atoms with E-state index in [-0.39, 0.29) is 25.7 Å². The highest BCUT2D eigenvalue weighted by atomic mass is 35.5. The highest BCUT2D eigenvalue weighted by Gasteiger charge is 2.02. The summed E-state index contributed by atoms with van der Waals surface area (Å²) in [6, 6.07) is 5.05. The molecule has 1 rings (SSSR count). The highest BCUT2D eigenvalue weighted by Crippen LogP contribution is 2.25. The quantitative estimate of drug-likeness (QED) is 0.597. The second-order valence-corrected chi connectivity index (χ2v) is 4.52. The summed E-state index contributed by atoms with van der Waals surface area (Å²) in [5, 5.41) is 11.8. The van der Waals surface area contributed by atoms with Crippen molar-refractivity contribution in [2.24, 2.45) is 0 Å². The van der Waals surface area contributed by atoms with E-state index < -0.39 is 5.97 Å². The topological polar surface area (TPSA) is 75.6 Å². The molecule has 1 aromatic carbocycles. The standard InChI is InChI=1S/C13H13Cl2NO4/c14-10-2-1-3-11(15)9(10)4-5-12(17)16-6-7-20-8-13(18)19/h1-5H,6-8H2,(H,16,17)(H,18,19). The van der Waals surface area contributed by atoms with Crippen LogP contribution < -0.4 is 5.32 Å². The molecule has 5 nitrogen and oxygen atoms in total. The molecule has 0 aliphatic carbocycles. The number of aliphatic carboxylic acids is 1. The smallest absolute Gasteiger partial charge is 0.329 e. The van der Waals surface area contributed by atoms with Gasteiger partial charge in [0.2, 0.25) is 5.91 Å². The zero-order valence-corrected chi connectivity index (χ0v) is 11.9. The van der Waals surface area contributed by atoms with E-state index in [1.807, 2.05) is 0 Å². The van der Waals surface area contributed by atoms with Gasteiger partial charge in [0.05, 0.1) is 6.61 Å². The predicted octanol–water partition coefficient (Wildman–Crippen LogP) is 2.22. The molecule has 0 bridgehead atoms. The molecule has 0 aromatic heterocycles. The van der Waals surface area contributed by atoms with Crippen LogP contribution in [0.1, 0.15) is 5.56 Å². The van der Waals surface area contributed by atoms with E-state index in [4.69, 9.17) is 33.0 Å². The first-order chi connectivity index (χ1) is 9.50. The number of halogens is 2. The fraction of sp³-hybridized carbons (Fsp3) is 0.231. The van der Waals surface area contributed by atoms with Gasteiger partial charge in [0.1, 0.15) is 6.61 Å². The van der Waals surface area contributed by atoms with E-state index in [9.17, 15) is 9.59 Å². The average molecular weight is 318 g/mol. The average Bonchev–Trinajstić information content (AvgIpc) is 2.37. The molecule has 108 valence electrons. The van der Waals surface area contributed by atoms with Gasteiger partial charge in [-0.1, -0.05) is 29.3 Å². The molecule has 0 unspecified atom stereocenters. The van der Waals surface area contributed by atoms with Crippen LogP contribution in [0.15, 0.2) is 24.3 Å². The van der Waals surface area contributed by atoms with Crippen molar-refractivity contribution >= 4 is 41.2 Å². The summed E-state index contributed by atoms with van der Waals surface area (Å²) in [5.74, 6) is -1.40. The summed E-state index contributed by atoms with van der Waals surface area (Å²) < 4.78 is 4.77. The van der Waals surface area contributed by atoms with Crippen molar-refractivity contribution in [3.8, 4) is 0 Å². The Morgan fingerprint density at radius 3 is 2.55 bits per heavy atom. The molecule has 0 saturated heterocycles. The molecule has 0 fully saturated rings. The van der Waals surface area contributed by atoms with Gasteiger partial charge in [-0.05, 0) is 18.2 Å². The number of carbonyl (C=O) groups excluding carboxylic acids is 1. The minimum atomic E-state index is -1.05. The molecular weight excluding hydrogens is 305 g/mol. The van der Waals surface area contributed by atoms with Gasteiger partial charge >= 0.3 is 5.97 Å². The van der Waals surface area contributed by atoms with Gasteiger partial charge in [-0.15, -0.1) is 0 Å². The third kappa shape index (κ3) is 6.06. The van der Waals surface area contributed by atoms with Crippen molar-refractivity contribution in [1.29, 1.82) is 0 Å². The molecule has 7 heteroatoms. The molecular formula is C13H13Cl2NO4. The van der Waals surface area contributed by atoms with Crippen LogP contribution in [0.2, 0.25) is 10.0 Å². The molecule has 0 heterocycles. The van der Waals surface area contributed by atoms with Gasteiger partial charge in [-0.25, -0.2) is 4.79 Å². The van der Waals surface area contributed by atoms with Crippen molar-refractivity contribution in [2.45, 2.75) is 0 Å². The molecule has 0 radical (unpaired) electrons. The molecule has 0 aliphatic rings. The Bertz CT molecular complexity index is 497. The first-order valence-electron chi connectivity index (χ1n) is 5.70. The van der Waals surface area contributed by atoms with Crippen molar-refractivity contribution in [2.75, 3.05) is 19.8 Å². The van der Waals surface area contributed by atoms with Gasteiger partial charge in [-0.3, -0.25) is 4.79 Å². The maximum atomic E-state index is 11.5. The lowest BCUT2D eigenvalue weighted by atomic mass is 10.2. The number of carboxylic acids is 1. The summed E-state index contributed by atoms with van der Waals surface area (Å²) in [6.07, 6.45) is 2.81. The maximum Gasteiger partial charge on any atom is 0.329 e. The monoisotopic (exact) mass is 317 g/mol. The van der Waals surface area contributed by atoms with Crippen molar-refractivity contribution in [3.63, 3.8) is 0 Å². The summed E-state index contributed by atoms with van der Waals surface area (Å²) >= 11 is 11.9. The maximum absolute atomic E-state index is 11.5. The minimum Gasteiger partial charge on any atom is -0.480 e. The van der Waals surface area contributed by atoms with Crippen molar-refractivity contribution < 1.29 is 19.4 Å². The second kappa shape index (κ2) is 8.58. The third-order valence-electron chi connectivity index (χ3n) is 2.17. The number of amides is 1. The van der Waals surface area contributed by atoms with E-state index in [2.05, 4.69) is 5.32 Å². The number of rotatable bonds is 7. The fourth-order valence-electron chi connectivity index (χ4n) is 1.29. The van der Waals surface area contributed by atoms with Crippen LogP contribution in [-0.4, -0.2) is 36.7 Å². The largest absolute Gasteiger partial charge is 0.480 e. The van der Waals surface area contributed by atoms with E-state index >= 15 is 0 Å². The summed E-state index contributed by atoms with van der Waals surface area (Å²) in [6.45, 7) is -0.0492. The lowest BCUT2D eigenvalue weighted by Gasteiger charge is -2.03. The number of hydrogen-bond acceptors (Lipinski definition) is 3. The van der Waals surface area contributed by atoms with E-state index in [1.165, 1.54) is 12.2 Å². The zero-order valence-electron chi connectivity index (χ0n) is 10.4. The first-order valence-corrected chi connectivity index (χ1v) is 6.45. The number of carboxylic acid groups (broad SMARTS) is 1. The summed E-state index contributed by atoms with van der Waals surface area (Å²) in [4.78, 5) is 21.7. The van der Waals surface area contributed by atoms with Crippen LogP contribution in [0.4, 0.5) is 0 Å². The lowest BCUT2D eigenvalue weighted by Crippen LogP contribution is -2.26. The Balaban J connectivity index is 2.38. The van der Waals surface area contributed by atoms with Crippen LogP contribution in [0.25, 0.3) is 6.08 Å². The number of carbonyl (C=O) groups is 2. The molecule has 0 saturated carbocycles. The molecule has 0 spiro atoms. The molecule has 0 aliphatic heterocycles. The van der Waals surface area contributed by atoms with Crippen LogP contribution in [0.5, 0.6) is 0 Å². The number of ether oxygens (including phenoxy) is 1. The van der Waals surface area contributed by atoms with Crippen LogP contribution in [0, 0.1) is 0 Å². The lowest BCUT2D eigenvalue weighted by molar-refractivity contribution is -0.142. The van der Waals surface area contributed by atoms with Crippen LogP contribution >= 0.6 is 23.2 Å². The van der Waals surface area contributed by atoms with Gasteiger partial charge in [-0.2, -0.15) is 0 Å². The Kier molecular flexibility index (Phi) is 7.08. The van der Waals surface area contributed by atoms with Crippen molar-refractivity contribution in [1.82, 2.24) is 5.32 Å². The zero-order chi connectivity index (χ0) is 15.0. The SMILES string of the molecule is O=C(O)COCCNC(=O)C=Cc1c(Cl)cccc1Cl. The minimum absolute atomic E-state index is 0.124. The predicted molar refractivity (Wildman–Crippen MR) is 77.0 cm³/mol. The van der Waals surface area contributed by atoms with Gasteiger partial charge in [0.15, 0.2) is 0 Å². The van der Waals surface area contributed by atoms with Gasteiger partial charge in [0.25, 0.3) is 0 Å². The number of hydrogen-bond donors (Lipinski definition) is 2. The highest BCUT2D eigenvalue weighted by molar-refractivity contribution is 6.37. The molecule has 20 heavy (non-hydrogen) atoms. The number of nitrogens with one attached hydrogen (secondary N) is 1. The first kappa shape index (κ1) is 16.5. The van der Waals surface area contributed by atoms with Gasteiger partial charge < -0.3 is 15.2 Å². The molecule has 2 N–H and O–H groups in total. The Hall–Kier alpha value is -1.56. The van der Waals surface area contributed by atoms with Gasteiger partial charge in [0, 0.05) is 28.2 Å². The third-order valence-corrected chi connectivity index (χ3v) is 2.83. The van der Waals surface area contributed by atoms with Crippen molar-refractivity contribution in [3.05, 3.63) is 39.9 Å². The molecule has 0 atom stereocenters. The Labute approximate surface area is 126 Å². The van der Waals surface area contributed by atoms with E-state index in [1.54, 1.807) is 18.2 Å². The second-order valence-electron chi connectivity index (χ2n) is 3.71. The normalized spacial score (nSPS) is 10.7. The van der Waals surface area contributed by atoms with Crippen LogP contribution in [0.3, 0.4) is 0 Å². The number of benzene rings is 1.